The summed E-state index contributed by atoms with van der Waals surface area (Å²) < 4.78 is 1.73. The van der Waals surface area contributed by atoms with Gasteiger partial charge in [-0.1, -0.05) is 42.1 Å². The van der Waals surface area contributed by atoms with Crippen LogP contribution in [0.4, 0.5) is 0 Å². The lowest BCUT2D eigenvalue weighted by molar-refractivity contribution is 0.635. The van der Waals surface area contributed by atoms with Crippen LogP contribution in [0.2, 0.25) is 0 Å². The Labute approximate surface area is 127 Å². The molecule has 1 heterocycles. The van der Waals surface area contributed by atoms with Crippen molar-refractivity contribution in [2.75, 3.05) is 5.75 Å². The maximum Gasteiger partial charge on any atom is 0.262 e. The Hall–Kier alpha value is -2.07. The van der Waals surface area contributed by atoms with Crippen LogP contribution in [0, 0.1) is 0 Å². The molecular weight excluding hydrogens is 280 g/mol. The first-order valence-electron chi connectivity index (χ1n) is 6.91. The van der Waals surface area contributed by atoms with Gasteiger partial charge in [0.15, 0.2) is 5.16 Å². The van der Waals surface area contributed by atoms with E-state index in [0.29, 0.717) is 11.9 Å². The van der Waals surface area contributed by atoms with Gasteiger partial charge in [0.1, 0.15) is 0 Å². The molecule has 0 saturated carbocycles. The van der Waals surface area contributed by atoms with Gasteiger partial charge in [-0.15, -0.1) is 6.58 Å². The van der Waals surface area contributed by atoms with Crippen LogP contribution in [-0.2, 0) is 6.54 Å². The normalized spacial score (nSPS) is 11.1. The van der Waals surface area contributed by atoms with Crippen molar-refractivity contribution in [3.63, 3.8) is 0 Å². The molecule has 1 aromatic heterocycles. The fourth-order valence-electron chi connectivity index (χ4n) is 2.41. The fraction of sp³-hybridized carbons (Fsp3) is 0.176. The zero-order valence-electron chi connectivity index (χ0n) is 11.9. The molecule has 0 aliphatic carbocycles. The first-order chi connectivity index (χ1) is 10.2. The van der Waals surface area contributed by atoms with E-state index in [-0.39, 0.29) is 5.56 Å². The quantitative estimate of drug-likeness (QED) is 0.317. The number of fused-ring (bicyclic) bond motifs is 2. The molecule has 4 heteroatoms. The van der Waals surface area contributed by atoms with Gasteiger partial charge in [0.25, 0.3) is 5.56 Å². The molecule has 3 rings (SSSR count). The monoisotopic (exact) mass is 296 g/mol. The molecule has 3 aromatic rings. The lowest BCUT2D eigenvalue weighted by Gasteiger charge is -2.11. The number of hydrogen-bond donors (Lipinski definition) is 0. The van der Waals surface area contributed by atoms with Crippen LogP contribution >= 0.6 is 11.8 Å². The Kier molecular flexibility index (Phi) is 3.80. The SMILES string of the molecule is C=CCSc1nc2cc3ccccc3cc2c(=O)n1CC. The van der Waals surface area contributed by atoms with Gasteiger partial charge < -0.3 is 0 Å². The Bertz CT molecular complexity index is 883. The summed E-state index contributed by atoms with van der Waals surface area (Å²) in [6, 6.07) is 12.0. The van der Waals surface area contributed by atoms with E-state index < -0.39 is 0 Å². The Morgan fingerprint density at radius 1 is 1.29 bits per heavy atom. The topological polar surface area (TPSA) is 34.9 Å². The summed E-state index contributed by atoms with van der Waals surface area (Å²) in [6.45, 7) is 6.31. The third-order valence-electron chi connectivity index (χ3n) is 3.43. The highest BCUT2D eigenvalue weighted by molar-refractivity contribution is 7.99. The molecule has 106 valence electrons. The largest absolute Gasteiger partial charge is 0.287 e. The second-order valence-corrected chi connectivity index (χ2v) is 5.75. The average molecular weight is 296 g/mol. The van der Waals surface area contributed by atoms with Crippen LogP contribution < -0.4 is 5.56 Å². The molecule has 0 saturated heterocycles. The molecule has 0 aliphatic heterocycles. The predicted octanol–water partition coefficient (Wildman–Crippen LogP) is 3.85. The summed E-state index contributed by atoms with van der Waals surface area (Å²) in [5.41, 5.74) is 0.787. The highest BCUT2D eigenvalue weighted by Crippen LogP contribution is 2.22. The molecule has 0 unspecified atom stereocenters. The summed E-state index contributed by atoms with van der Waals surface area (Å²) >= 11 is 1.54. The van der Waals surface area contributed by atoms with Crippen LogP contribution in [0.5, 0.6) is 0 Å². The first kappa shape index (κ1) is 13.9. The zero-order valence-corrected chi connectivity index (χ0v) is 12.7. The smallest absolute Gasteiger partial charge is 0.262 e. The summed E-state index contributed by atoms with van der Waals surface area (Å²) in [5.74, 6) is 0.742. The highest BCUT2D eigenvalue weighted by Gasteiger charge is 2.10. The Morgan fingerprint density at radius 3 is 2.67 bits per heavy atom. The van der Waals surface area contributed by atoms with Gasteiger partial charge in [0, 0.05) is 12.3 Å². The van der Waals surface area contributed by atoms with Crippen molar-refractivity contribution in [3.05, 3.63) is 59.4 Å². The maximum atomic E-state index is 12.7. The van der Waals surface area contributed by atoms with E-state index in [1.165, 1.54) is 11.8 Å². The van der Waals surface area contributed by atoms with Gasteiger partial charge in [-0.3, -0.25) is 9.36 Å². The summed E-state index contributed by atoms with van der Waals surface area (Å²) in [6.07, 6.45) is 1.82. The minimum Gasteiger partial charge on any atom is -0.287 e. The Balaban J connectivity index is 2.33. The summed E-state index contributed by atoms with van der Waals surface area (Å²) in [4.78, 5) is 17.3. The van der Waals surface area contributed by atoms with Gasteiger partial charge >= 0.3 is 0 Å². The lowest BCUT2D eigenvalue weighted by Crippen LogP contribution is -2.22. The van der Waals surface area contributed by atoms with Crippen molar-refractivity contribution in [2.45, 2.75) is 18.6 Å². The fourth-order valence-corrected chi connectivity index (χ4v) is 3.21. The molecule has 21 heavy (non-hydrogen) atoms. The molecule has 0 fully saturated rings. The minimum atomic E-state index is 0.0276. The third kappa shape index (κ3) is 2.47. The van der Waals surface area contributed by atoms with E-state index in [9.17, 15) is 4.79 Å². The van der Waals surface area contributed by atoms with Crippen LogP contribution in [0.3, 0.4) is 0 Å². The second-order valence-electron chi connectivity index (χ2n) is 4.76. The molecule has 0 bridgehead atoms. The number of hydrogen-bond acceptors (Lipinski definition) is 3. The molecule has 0 radical (unpaired) electrons. The van der Waals surface area contributed by atoms with Gasteiger partial charge in [0.05, 0.1) is 10.9 Å². The van der Waals surface area contributed by atoms with E-state index in [0.717, 1.165) is 27.2 Å². The van der Waals surface area contributed by atoms with Gasteiger partial charge in [-0.25, -0.2) is 4.98 Å². The number of aromatic nitrogens is 2. The number of nitrogens with zero attached hydrogens (tertiary/aromatic N) is 2. The maximum absolute atomic E-state index is 12.7. The zero-order chi connectivity index (χ0) is 14.8. The molecular formula is C17H16N2OS. The first-order valence-corrected chi connectivity index (χ1v) is 7.90. The predicted molar refractivity (Wildman–Crippen MR) is 90.1 cm³/mol. The van der Waals surface area contributed by atoms with E-state index in [1.807, 2.05) is 49.4 Å². The van der Waals surface area contributed by atoms with Crippen LogP contribution in [0.25, 0.3) is 21.7 Å². The standard InChI is InChI=1S/C17H16N2OS/c1-3-9-21-17-18-15-11-13-8-6-5-7-12(13)10-14(15)16(20)19(17)4-2/h3,5-8,10-11H,1,4,9H2,2H3. The molecule has 0 spiro atoms. The van der Waals surface area contributed by atoms with Crippen LogP contribution in [0.15, 0.2) is 59.0 Å². The third-order valence-corrected chi connectivity index (χ3v) is 4.41. The van der Waals surface area contributed by atoms with E-state index in [2.05, 4.69) is 11.6 Å². The summed E-state index contributed by atoms with van der Waals surface area (Å²) in [7, 11) is 0. The van der Waals surface area contributed by atoms with Gasteiger partial charge in [-0.05, 0) is 29.8 Å². The second kappa shape index (κ2) is 5.74. The molecule has 3 nitrogen and oxygen atoms in total. The van der Waals surface area contributed by atoms with Crippen molar-refractivity contribution >= 4 is 33.4 Å². The van der Waals surface area contributed by atoms with Crippen molar-refractivity contribution in [1.82, 2.24) is 9.55 Å². The van der Waals surface area contributed by atoms with Crippen molar-refractivity contribution in [3.8, 4) is 0 Å². The van der Waals surface area contributed by atoms with Crippen LogP contribution in [0.1, 0.15) is 6.92 Å². The average Bonchev–Trinajstić information content (AvgIpc) is 2.51. The number of thioether (sulfide) groups is 1. The number of benzene rings is 2. The minimum absolute atomic E-state index is 0.0276. The highest BCUT2D eigenvalue weighted by atomic mass is 32.2. The van der Waals surface area contributed by atoms with E-state index >= 15 is 0 Å². The van der Waals surface area contributed by atoms with Gasteiger partial charge in [-0.2, -0.15) is 0 Å². The Morgan fingerprint density at radius 2 is 2.00 bits per heavy atom. The van der Waals surface area contributed by atoms with Crippen LogP contribution in [-0.4, -0.2) is 15.3 Å². The lowest BCUT2D eigenvalue weighted by atomic mass is 10.1. The summed E-state index contributed by atoms with van der Waals surface area (Å²) in [5, 5.41) is 3.60. The van der Waals surface area contributed by atoms with Gasteiger partial charge in [0.2, 0.25) is 0 Å². The van der Waals surface area contributed by atoms with Crippen molar-refractivity contribution < 1.29 is 0 Å². The van der Waals surface area contributed by atoms with Crippen molar-refractivity contribution in [1.29, 1.82) is 0 Å². The molecule has 0 amide bonds. The molecule has 0 atom stereocenters. The van der Waals surface area contributed by atoms with E-state index in [1.54, 1.807) is 4.57 Å². The van der Waals surface area contributed by atoms with Crippen molar-refractivity contribution in [2.24, 2.45) is 0 Å². The molecule has 2 aromatic carbocycles. The molecule has 0 N–H and O–H groups in total. The molecule has 0 aliphatic rings. The van der Waals surface area contributed by atoms with E-state index in [4.69, 9.17) is 0 Å². The number of rotatable bonds is 4.